The van der Waals surface area contributed by atoms with E-state index in [1.165, 1.54) is 42.5 Å². The number of benzene rings is 2. The smallest absolute Gasteiger partial charge is 0.338 e. The van der Waals surface area contributed by atoms with E-state index in [1.807, 2.05) is 0 Å². The molecule has 0 unspecified atom stereocenters. The molecular weight excluding hydrogens is 429 g/mol. The molecule has 7 nitrogen and oxygen atoms in total. The van der Waals surface area contributed by atoms with E-state index in [2.05, 4.69) is 4.74 Å². The molecule has 0 N–H and O–H groups in total. The highest BCUT2D eigenvalue weighted by Gasteiger charge is 2.30. The molecule has 28 heavy (non-hydrogen) atoms. The van der Waals surface area contributed by atoms with E-state index in [1.54, 1.807) is 6.92 Å². The number of ether oxygens (including phenoxy) is 2. The van der Waals surface area contributed by atoms with Gasteiger partial charge in [-0.3, -0.25) is 9.10 Å². The Morgan fingerprint density at radius 2 is 1.71 bits per heavy atom. The molecule has 0 aromatic heterocycles. The van der Waals surface area contributed by atoms with Gasteiger partial charge in [0.15, 0.2) is 0 Å². The lowest BCUT2D eigenvalue weighted by atomic mass is 10.2. The number of rotatable bonds is 7. The molecule has 0 saturated carbocycles. The summed E-state index contributed by atoms with van der Waals surface area (Å²) in [6.07, 6.45) is 0. The van der Waals surface area contributed by atoms with Crippen LogP contribution in [-0.4, -0.2) is 40.6 Å². The maximum atomic E-state index is 13.2. The van der Waals surface area contributed by atoms with Crippen molar-refractivity contribution in [2.24, 2.45) is 0 Å². The van der Waals surface area contributed by atoms with Crippen molar-refractivity contribution in [1.29, 1.82) is 0 Å². The number of hydrogen-bond donors (Lipinski definition) is 0. The molecule has 0 bridgehead atoms. The third-order valence-corrected chi connectivity index (χ3v) is 6.12. The van der Waals surface area contributed by atoms with Gasteiger partial charge in [0.05, 0.1) is 30.0 Å². The molecule has 0 saturated heterocycles. The van der Waals surface area contributed by atoms with Crippen molar-refractivity contribution in [2.45, 2.75) is 11.8 Å². The minimum absolute atomic E-state index is 0.0533. The van der Waals surface area contributed by atoms with E-state index in [9.17, 15) is 18.0 Å². The third-order valence-electron chi connectivity index (χ3n) is 3.63. The number of hydrogen-bond acceptors (Lipinski definition) is 6. The minimum Gasteiger partial charge on any atom is -0.468 e. The standard InChI is InChI=1S/C18H17Cl2NO6S/c1-3-27-18(23)12-4-7-14(8-5-12)21(11-17(22)26-2)28(24,25)16-10-13(19)6-9-15(16)20/h4-10H,3,11H2,1-2H3. The first-order valence-electron chi connectivity index (χ1n) is 8.02. The van der Waals surface area contributed by atoms with E-state index in [-0.39, 0.29) is 32.8 Å². The number of carbonyl (C=O) groups is 2. The number of halogens is 2. The number of esters is 2. The molecule has 150 valence electrons. The van der Waals surface area contributed by atoms with Crippen LogP contribution >= 0.6 is 23.2 Å². The van der Waals surface area contributed by atoms with Gasteiger partial charge >= 0.3 is 11.9 Å². The minimum atomic E-state index is -4.26. The van der Waals surface area contributed by atoms with Crippen molar-refractivity contribution in [2.75, 3.05) is 24.6 Å². The summed E-state index contributed by atoms with van der Waals surface area (Å²) in [5, 5.41) is 0.112. The molecule has 0 aliphatic rings. The Bertz CT molecular complexity index is 976. The summed E-state index contributed by atoms with van der Waals surface area (Å²) in [5.41, 5.74) is 0.372. The van der Waals surface area contributed by atoms with Gasteiger partial charge < -0.3 is 9.47 Å². The molecule has 0 atom stereocenters. The summed E-state index contributed by atoms with van der Waals surface area (Å²) in [6.45, 7) is 1.28. The molecule has 0 aliphatic carbocycles. The van der Waals surface area contributed by atoms with Crippen LogP contribution in [0.15, 0.2) is 47.4 Å². The fourth-order valence-corrected chi connectivity index (χ4v) is 4.42. The number of sulfonamides is 1. The SMILES string of the molecule is CCOC(=O)c1ccc(N(CC(=O)OC)S(=O)(=O)c2cc(Cl)ccc2Cl)cc1. The highest BCUT2D eigenvalue weighted by atomic mass is 35.5. The Morgan fingerprint density at radius 1 is 1.07 bits per heavy atom. The maximum absolute atomic E-state index is 13.2. The zero-order chi connectivity index (χ0) is 20.9. The summed E-state index contributed by atoms with van der Waals surface area (Å²) in [7, 11) is -3.11. The van der Waals surface area contributed by atoms with Crippen LogP contribution in [0.4, 0.5) is 5.69 Å². The van der Waals surface area contributed by atoms with Crippen LogP contribution in [0.5, 0.6) is 0 Å². The largest absolute Gasteiger partial charge is 0.468 e. The van der Waals surface area contributed by atoms with Crippen LogP contribution in [-0.2, 0) is 24.3 Å². The van der Waals surface area contributed by atoms with E-state index in [4.69, 9.17) is 27.9 Å². The molecule has 2 aromatic carbocycles. The lowest BCUT2D eigenvalue weighted by molar-refractivity contribution is -0.138. The Morgan fingerprint density at radius 3 is 2.29 bits per heavy atom. The Kier molecular flexibility index (Phi) is 7.29. The van der Waals surface area contributed by atoms with Crippen LogP contribution in [0.2, 0.25) is 10.0 Å². The second-order valence-corrected chi connectivity index (χ2v) is 8.10. The molecule has 0 amide bonds. The van der Waals surface area contributed by atoms with E-state index in [0.717, 1.165) is 11.4 Å². The predicted octanol–water partition coefficient (Wildman–Crippen LogP) is 3.54. The number of methoxy groups -OCH3 is 1. The van der Waals surface area contributed by atoms with Crippen LogP contribution in [0.25, 0.3) is 0 Å². The van der Waals surface area contributed by atoms with Crippen LogP contribution in [0.1, 0.15) is 17.3 Å². The van der Waals surface area contributed by atoms with Gasteiger partial charge in [0, 0.05) is 5.02 Å². The molecule has 2 rings (SSSR count). The van der Waals surface area contributed by atoms with Gasteiger partial charge in [-0.2, -0.15) is 0 Å². The second kappa shape index (κ2) is 9.27. The van der Waals surface area contributed by atoms with Crippen LogP contribution < -0.4 is 4.31 Å². The molecule has 10 heteroatoms. The highest BCUT2D eigenvalue weighted by molar-refractivity contribution is 7.93. The van der Waals surface area contributed by atoms with Crippen molar-refractivity contribution in [3.8, 4) is 0 Å². The fraction of sp³-hybridized carbons (Fsp3) is 0.222. The molecule has 0 aliphatic heterocycles. The Hall–Kier alpha value is -2.29. The predicted molar refractivity (Wildman–Crippen MR) is 105 cm³/mol. The Balaban J connectivity index is 2.51. The van der Waals surface area contributed by atoms with Gasteiger partial charge in [-0.1, -0.05) is 23.2 Å². The molecular formula is C18H17Cl2NO6S. The van der Waals surface area contributed by atoms with E-state index in [0.29, 0.717) is 0 Å². The van der Waals surface area contributed by atoms with E-state index >= 15 is 0 Å². The summed E-state index contributed by atoms with van der Waals surface area (Å²) in [5.74, 6) is -1.33. The summed E-state index contributed by atoms with van der Waals surface area (Å²) < 4.78 is 36.7. The first kappa shape index (κ1) is 22.0. The molecule has 0 fully saturated rings. The van der Waals surface area contributed by atoms with Gasteiger partial charge in [-0.25, -0.2) is 13.2 Å². The maximum Gasteiger partial charge on any atom is 0.338 e. The van der Waals surface area contributed by atoms with Crippen LogP contribution in [0, 0.1) is 0 Å². The average Bonchev–Trinajstić information content (AvgIpc) is 2.67. The monoisotopic (exact) mass is 445 g/mol. The lowest BCUT2D eigenvalue weighted by Gasteiger charge is -2.24. The number of nitrogens with zero attached hydrogens (tertiary/aromatic N) is 1. The normalized spacial score (nSPS) is 11.0. The average molecular weight is 446 g/mol. The summed E-state index contributed by atoms with van der Waals surface area (Å²) in [6, 6.07) is 9.53. The first-order valence-corrected chi connectivity index (χ1v) is 10.2. The topological polar surface area (TPSA) is 90.0 Å². The quantitative estimate of drug-likeness (QED) is 0.605. The highest BCUT2D eigenvalue weighted by Crippen LogP contribution is 2.30. The zero-order valence-corrected chi connectivity index (χ0v) is 17.3. The second-order valence-electron chi connectivity index (χ2n) is 5.43. The molecule has 0 heterocycles. The first-order chi connectivity index (χ1) is 13.2. The van der Waals surface area contributed by atoms with Crippen molar-refractivity contribution < 1.29 is 27.5 Å². The summed E-state index contributed by atoms with van der Waals surface area (Å²) in [4.78, 5) is 23.4. The summed E-state index contributed by atoms with van der Waals surface area (Å²) >= 11 is 11.9. The molecule has 0 spiro atoms. The van der Waals surface area contributed by atoms with Gasteiger partial charge in [-0.05, 0) is 49.4 Å². The van der Waals surface area contributed by atoms with Gasteiger partial charge in [-0.15, -0.1) is 0 Å². The van der Waals surface area contributed by atoms with E-state index < -0.39 is 28.5 Å². The van der Waals surface area contributed by atoms with Crippen molar-refractivity contribution in [3.63, 3.8) is 0 Å². The van der Waals surface area contributed by atoms with Crippen LogP contribution in [0.3, 0.4) is 0 Å². The van der Waals surface area contributed by atoms with Gasteiger partial charge in [0.2, 0.25) is 0 Å². The van der Waals surface area contributed by atoms with Crippen molar-refractivity contribution in [1.82, 2.24) is 0 Å². The fourth-order valence-electron chi connectivity index (χ4n) is 2.27. The molecule has 0 radical (unpaired) electrons. The number of carbonyl (C=O) groups excluding carboxylic acids is 2. The van der Waals surface area contributed by atoms with Crippen molar-refractivity contribution >= 4 is 50.9 Å². The molecule has 2 aromatic rings. The van der Waals surface area contributed by atoms with Crippen molar-refractivity contribution in [3.05, 3.63) is 58.1 Å². The number of anilines is 1. The van der Waals surface area contributed by atoms with Gasteiger partial charge in [0.1, 0.15) is 11.4 Å². The lowest BCUT2D eigenvalue weighted by Crippen LogP contribution is -2.36. The third kappa shape index (κ3) is 4.95. The Labute approximate surface area is 172 Å². The zero-order valence-electron chi connectivity index (χ0n) is 15.0. The van der Waals surface area contributed by atoms with Gasteiger partial charge in [0.25, 0.3) is 10.0 Å².